The van der Waals surface area contributed by atoms with Crippen LogP contribution in [0.5, 0.6) is 0 Å². The number of nitrogens with zero attached hydrogens (tertiary/aromatic N) is 1. The lowest BCUT2D eigenvalue weighted by molar-refractivity contribution is -0.144. The third kappa shape index (κ3) is 3.46. The van der Waals surface area contributed by atoms with E-state index < -0.39 is 23.7 Å². The number of methoxy groups -OCH3 is 1. The van der Waals surface area contributed by atoms with Crippen LogP contribution in [0.2, 0.25) is 0 Å². The van der Waals surface area contributed by atoms with Crippen molar-refractivity contribution in [3.05, 3.63) is 83.9 Å². The Hall–Kier alpha value is -3.41. The Morgan fingerprint density at radius 3 is 2.26 bits per heavy atom. The molecule has 0 N–H and O–H groups in total. The third-order valence-electron chi connectivity index (χ3n) is 4.44. The third-order valence-corrected chi connectivity index (χ3v) is 4.44. The summed E-state index contributed by atoms with van der Waals surface area (Å²) in [4.78, 5) is 38.9. The fourth-order valence-electron chi connectivity index (χ4n) is 2.93. The molecule has 1 aliphatic rings. The number of cyclic esters (lactones) is 1. The molecule has 0 saturated carbocycles. The first-order valence-corrected chi connectivity index (χ1v) is 8.39. The summed E-state index contributed by atoms with van der Waals surface area (Å²) in [7, 11) is 1.24. The molecule has 0 radical (unpaired) electrons. The lowest BCUT2D eigenvalue weighted by Crippen LogP contribution is -2.48. The van der Waals surface area contributed by atoms with Gasteiger partial charge < -0.3 is 9.47 Å². The summed E-state index contributed by atoms with van der Waals surface area (Å²) in [6.45, 7) is 1.54. The molecular formula is C21H19NO5. The quantitative estimate of drug-likeness (QED) is 0.615. The molecule has 6 heteroatoms. The lowest BCUT2D eigenvalue weighted by Gasteiger charge is -2.31. The van der Waals surface area contributed by atoms with Crippen molar-refractivity contribution in [2.24, 2.45) is 0 Å². The first kappa shape index (κ1) is 18.4. The molecule has 1 fully saturated rings. The van der Waals surface area contributed by atoms with E-state index >= 15 is 0 Å². The summed E-state index contributed by atoms with van der Waals surface area (Å²) in [5.41, 5.74) is -0.388. The molecule has 0 aliphatic carbocycles. The van der Waals surface area contributed by atoms with E-state index in [1.54, 1.807) is 61.5 Å². The van der Waals surface area contributed by atoms with Crippen molar-refractivity contribution in [1.82, 2.24) is 4.90 Å². The average Bonchev–Trinajstić information content (AvgIpc) is 2.98. The van der Waals surface area contributed by atoms with Gasteiger partial charge in [0.15, 0.2) is 5.54 Å². The molecule has 0 aromatic heterocycles. The van der Waals surface area contributed by atoms with E-state index in [-0.39, 0.29) is 5.91 Å². The SMILES string of the molecule is COC(=O)/C=C/[C@@]1(C)C(=O)O[C@H](c2ccccc2)N1C(=O)c1ccccc1. The molecule has 1 amide bonds. The molecule has 1 saturated heterocycles. The van der Waals surface area contributed by atoms with Crippen molar-refractivity contribution < 1.29 is 23.9 Å². The van der Waals surface area contributed by atoms with Crippen LogP contribution in [0.3, 0.4) is 0 Å². The summed E-state index contributed by atoms with van der Waals surface area (Å²) in [5, 5.41) is 0. The van der Waals surface area contributed by atoms with Crippen LogP contribution in [0.25, 0.3) is 0 Å². The second kappa shape index (κ2) is 7.45. The van der Waals surface area contributed by atoms with Crippen LogP contribution in [0, 0.1) is 0 Å². The molecule has 3 rings (SSSR count). The van der Waals surface area contributed by atoms with Crippen molar-refractivity contribution in [3.63, 3.8) is 0 Å². The number of carbonyl (C=O) groups is 3. The summed E-state index contributed by atoms with van der Waals surface area (Å²) < 4.78 is 10.1. The Balaban J connectivity index is 2.08. The molecular weight excluding hydrogens is 346 g/mol. The van der Waals surface area contributed by atoms with Crippen LogP contribution in [0.1, 0.15) is 29.1 Å². The van der Waals surface area contributed by atoms with E-state index in [4.69, 9.17) is 4.74 Å². The van der Waals surface area contributed by atoms with Gasteiger partial charge in [0, 0.05) is 17.2 Å². The number of rotatable bonds is 4. The van der Waals surface area contributed by atoms with Crippen molar-refractivity contribution in [1.29, 1.82) is 0 Å². The largest absolute Gasteiger partial charge is 0.466 e. The maximum Gasteiger partial charge on any atom is 0.338 e. The lowest BCUT2D eigenvalue weighted by atomic mass is 9.98. The molecule has 2 atom stereocenters. The highest BCUT2D eigenvalue weighted by atomic mass is 16.6. The number of hydrogen-bond acceptors (Lipinski definition) is 5. The Labute approximate surface area is 157 Å². The van der Waals surface area contributed by atoms with Gasteiger partial charge in [-0.3, -0.25) is 9.69 Å². The molecule has 2 aromatic rings. The van der Waals surface area contributed by atoms with Gasteiger partial charge in [0.25, 0.3) is 5.91 Å². The molecule has 0 bridgehead atoms. The normalized spacial score (nSPS) is 21.9. The maximum absolute atomic E-state index is 13.2. The van der Waals surface area contributed by atoms with E-state index in [9.17, 15) is 14.4 Å². The molecule has 1 aliphatic heterocycles. The van der Waals surface area contributed by atoms with Gasteiger partial charge >= 0.3 is 11.9 Å². The zero-order chi connectivity index (χ0) is 19.4. The highest BCUT2D eigenvalue weighted by Crippen LogP contribution is 2.40. The second-order valence-electron chi connectivity index (χ2n) is 6.21. The first-order chi connectivity index (χ1) is 13.0. The van der Waals surface area contributed by atoms with Crippen molar-refractivity contribution in [3.8, 4) is 0 Å². The highest BCUT2D eigenvalue weighted by Gasteiger charge is 2.53. The van der Waals surface area contributed by atoms with E-state index in [0.717, 1.165) is 6.08 Å². The minimum atomic E-state index is -1.46. The Morgan fingerprint density at radius 2 is 1.67 bits per heavy atom. The zero-order valence-corrected chi connectivity index (χ0v) is 15.0. The number of benzene rings is 2. The number of esters is 2. The number of ether oxygens (including phenoxy) is 2. The molecule has 2 aromatic carbocycles. The fraction of sp³-hybridized carbons (Fsp3) is 0.190. The van der Waals surface area contributed by atoms with E-state index in [1.807, 2.05) is 6.07 Å². The standard InChI is InChI=1S/C21H19NO5/c1-21(14-13-17(23)26-2)20(25)27-19(16-11-7-4-8-12-16)22(21)18(24)15-9-5-3-6-10-15/h3-14,19H,1-2H3/b14-13+/t19-,21+/m1/s1. The van der Waals surface area contributed by atoms with Gasteiger partial charge in [0.2, 0.25) is 6.23 Å². The van der Waals surface area contributed by atoms with Crippen LogP contribution in [-0.4, -0.2) is 35.4 Å². The van der Waals surface area contributed by atoms with Crippen LogP contribution in [0.4, 0.5) is 0 Å². The molecule has 138 valence electrons. The summed E-state index contributed by atoms with van der Waals surface area (Å²) in [6.07, 6.45) is 1.56. The maximum atomic E-state index is 13.2. The molecule has 0 unspecified atom stereocenters. The van der Waals surface area contributed by atoms with Crippen LogP contribution in [-0.2, 0) is 19.1 Å². The summed E-state index contributed by atoms with van der Waals surface area (Å²) in [5.74, 6) is -1.63. The Morgan fingerprint density at radius 1 is 1.07 bits per heavy atom. The Bertz CT molecular complexity index is 878. The zero-order valence-electron chi connectivity index (χ0n) is 15.0. The van der Waals surface area contributed by atoms with Gasteiger partial charge in [-0.2, -0.15) is 0 Å². The highest BCUT2D eigenvalue weighted by molar-refractivity contribution is 6.01. The number of carbonyl (C=O) groups excluding carboxylic acids is 3. The van der Waals surface area contributed by atoms with Gasteiger partial charge in [0.1, 0.15) is 0 Å². The predicted octanol–water partition coefficient (Wildman–Crippen LogP) is 2.87. The van der Waals surface area contributed by atoms with Crippen molar-refractivity contribution >= 4 is 17.8 Å². The van der Waals surface area contributed by atoms with Crippen molar-refractivity contribution in [2.45, 2.75) is 18.7 Å². The fourth-order valence-corrected chi connectivity index (χ4v) is 2.93. The summed E-state index contributed by atoms with van der Waals surface area (Å²) >= 11 is 0. The van der Waals surface area contributed by atoms with E-state index in [1.165, 1.54) is 18.1 Å². The molecule has 1 heterocycles. The van der Waals surface area contributed by atoms with Crippen LogP contribution < -0.4 is 0 Å². The predicted molar refractivity (Wildman–Crippen MR) is 97.4 cm³/mol. The average molecular weight is 365 g/mol. The van der Waals surface area contributed by atoms with Gasteiger partial charge in [-0.1, -0.05) is 48.5 Å². The number of hydrogen-bond donors (Lipinski definition) is 0. The molecule has 6 nitrogen and oxygen atoms in total. The minimum Gasteiger partial charge on any atom is -0.466 e. The molecule has 0 spiro atoms. The molecule has 27 heavy (non-hydrogen) atoms. The van der Waals surface area contributed by atoms with Crippen LogP contribution >= 0.6 is 0 Å². The monoisotopic (exact) mass is 365 g/mol. The summed E-state index contributed by atoms with van der Waals surface area (Å²) in [6, 6.07) is 17.6. The second-order valence-corrected chi connectivity index (χ2v) is 6.21. The minimum absolute atomic E-state index is 0.382. The smallest absolute Gasteiger partial charge is 0.338 e. The van der Waals surface area contributed by atoms with Gasteiger partial charge in [0.05, 0.1) is 7.11 Å². The Kier molecular flexibility index (Phi) is 5.07. The first-order valence-electron chi connectivity index (χ1n) is 8.39. The topological polar surface area (TPSA) is 72.9 Å². The van der Waals surface area contributed by atoms with Crippen LogP contribution in [0.15, 0.2) is 72.8 Å². The van der Waals surface area contributed by atoms with E-state index in [2.05, 4.69) is 4.74 Å². The van der Waals surface area contributed by atoms with Gasteiger partial charge in [-0.25, -0.2) is 9.59 Å². The van der Waals surface area contributed by atoms with Gasteiger partial charge in [-0.15, -0.1) is 0 Å². The van der Waals surface area contributed by atoms with Gasteiger partial charge in [-0.05, 0) is 25.1 Å². The number of amides is 1. The van der Waals surface area contributed by atoms with E-state index in [0.29, 0.717) is 11.1 Å². The van der Waals surface area contributed by atoms with Crippen molar-refractivity contribution in [2.75, 3.05) is 7.11 Å².